The monoisotopic (exact) mass is 311 g/mol. The molecule has 0 saturated heterocycles. The van der Waals surface area contributed by atoms with Crippen LogP contribution < -0.4 is 5.32 Å². The lowest BCUT2D eigenvalue weighted by atomic mass is 9.83. The van der Waals surface area contributed by atoms with Gasteiger partial charge < -0.3 is 10.4 Å². The first-order chi connectivity index (χ1) is 10.9. The fourth-order valence-corrected chi connectivity index (χ4v) is 2.45. The molecule has 0 aliphatic heterocycles. The van der Waals surface area contributed by atoms with Crippen molar-refractivity contribution in [3.8, 4) is 0 Å². The molecule has 0 aromatic heterocycles. The third-order valence-electron chi connectivity index (χ3n) is 4.25. The lowest BCUT2D eigenvalue weighted by Crippen LogP contribution is -2.40. The van der Waals surface area contributed by atoms with Gasteiger partial charge in [0, 0.05) is 6.54 Å². The minimum atomic E-state index is -0.547. The number of benzene rings is 2. The van der Waals surface area contributed by atoms with Crippen molar-refractivity contribution in [1.29, 1.82) is 0 Å². The van der Waals surface area contributed by atoms with Gasteiger partial charge in [-0.05, 0) is 43.9 Å². The van der Waals surface area contributed by atoms with E-state index >= 15 is 0 Å². The first-order valence-corrected chi connectivity index (χ1v) is 7.97. The third kappa shape index (κ3) is 4.42. The van der Waals surface area contributed by atoms with E-state index in [0.29, 0.717) is 6.54 Å². The van der Waals surface area contributed by atoms with Gasteiger partial charge in [0.15, 0.2) is 0 Å². The summed E-state index contributed by atoms with van der Waals surface area (Å²) in [4.78, 5) is 12.5. The maximum Gasteiger partial charge on any atom is 0.230 e. The zero-order valence-electron chi connectivity index (χ0n) is 14.1. The average Bonchev–Trinajstić information content (AvgIpc) is 2.55. The van der Waals surface area contributed by atoms with Crippen LogP contribution in [0, 0.1) is 6.92 Å². The van der Waals surface area contributed by atoms with Crippen LogP contribution in [0.3, 0.4) is 0 Å². The Labute approximate surface area is 138 Å². The topological polar surface area (TPSA) is 49.3 Å². The van der Waals surface area contributed by atoms with Gasteiger partial charge in [-0.25, -0.2) is 0 Å². The van der Waals surface area contributed by atoms with Crippen molar-refractivity contribution < 1.29 is 9.90 Å². The van der Waals surface area contributed by atoms with Crippen molar-refractivity contribution in [1.82, 2.24) is 5.32 Å². The van der Waals surface area contributed by atoms with Crippen molar-refractivity contribution in [2.45, 2.75) is 39.2 Å². The zero-order chi connectivity index (χ0) is 16.9. The smallest absolute Gasteiger partial charge is 0.230 e. The molecule has 0 bridgehead atoms. The Kier molecular flexibility index (Phi) is 5.56. The highest BCUT2D eigenvalue weighted by molar-refractivity contribution is 5.87. The van der Waals surface area contributed by atoms with Gasteiger partial charge in [0.2, 0.25) is 5.91 Å². The summed E-state index contributed by atoms with van der Waals surface area (Å²) in [5.74, 6) is 0.0355. The molecule has 3 nitrogen and oxygen atoms in total. The Morgan fingerprint density at radius 1 is 1.00 bits per heavy atom. The minimum absolute atomic E-state index is 0.0355. The van der Waals surface area contributed by atoms with Crippen molar-refractivity contribution >= 4 is 5.91 Å². The Bertz CT molecular complexity index is 642. The summed E-state index contributed by atoms with van der Waals surface area (Å²) in [6, 6.07) is 15.9. The Morgan fingerprint density at radius 2 is 1.57 bits per heavy atom. The molecular formula is C20H25NO2. The molecule has 122 valence electrons. The van der Waals surface area contributed by atoms with Gasteiger partial charge >= 0.3 is 0 Å². The summed E-state index contributed by atoms with van der Waals surface area (Å²) in [7, 11) is 0. The summed E-state index contributed by atoms with van der Waals surface area (Å²) >= 11 is 0. The van der Waals surface area contributed by atoms with Gasteiger partial charge in [-0.3, -0.25) is 4.79 Å². The molecule has 0 saturated carbocycles. The number of rotatable bonds is 6. The van der Waals surface area contributed by atoms with Crippen molar-refractivity contribution in [3.05, 3.63) is 70.8 Å². The number of hydrogen-bond acceptors (Lipinski definition) is 2. The number of nitrogens with one attached hydrogen (secondary N) is 1. The van der Waals surface area contributed by atoms with Crippen LogP contribution in [0.5, 0.6) is 0 Å². The second-order valence-corrected chi connectivity index (χ2v) is 6.47. The largest absolute Gasteiger partial charge is 0.392 e. The standard InChI is InChI=1S/C20H25NO2/c1-15-4-10-18(11-5-15)20(2,3)19(23)21-13-12-16-6-8-17(14-22)9-7-16/h4-11,22H,12-14H2,1-3H3,(H,21,23). The minimum Gasteiger partial charge on any atom is -0.392 e. The molecule has 0 spiro atoms. The molecule has 0 atom stereocenters. The van der Waals surface area contributed by atoms with Crippen LogP contribution in [0.4, 0.5) is 0 Å². The normalized spacial score (nSPS) is 11.3. The van der Waals surface area contributed by atoms with Gasteiger partial charge in [0.1, 0.15) is 0 Å². The molecule has 0 aliphatic rings. The fourth-order valence-electron chi connectivity index (χ4n) is 2.45. The van der Waals surface area contributed by atoms with Crippen molar-refractivity contribution in [2.75, 3.05) is 6.54 Å². The molecule has 2 rings (SSSR count). The van der Waals surface area contributed by atoms with Crippen LogP contribution >= 0.6 is 0 Å². The van der Waals surface area contributed by atoms with E-state index in [1.54, 1.807) is 0 Å². The predicted octanol–water partition coefficient (Wildman–Crippen LogP) is 3.12. The van der Waals surface area contributed by atoms with E-state index in [4.69, 9.17) is 5.11 Å². The molecule has 0 heterocycles. The van der Waals surface area contributed by atoms with Crippen LogP contribution in [0.1, 0.15) is 36.1 Å². The van der Waals surface area contributed by atoms with Gasteiger partial charge in [0.05, 0.1) is 12.0 Å². The molecule has 0 unspecified atom stereocenters. The van der Waals surface area contributed by atoms with Crippen LogP contribution in [0.25, 0.3) is 0 Å². The summed E-state index contributed by atoms with van der Waals surface area (Å²) in [6.07, 6.45) is 0.779. The van der Waals surface area contributed by atoms with E-state index in [9.17, 15) is 4.79 Å². The third-order valence-corrected chi connectivity index (χ3v) is 4.25. The van der Waals surface area contributed by atoms with Crippen molar-refractivity contribution in [2.24, 2.45) is 0 Å². The van der Waals surface area contributed by atoms with Crippen LogP contribution in [-0.2, 0) is 23.2 Å². The van der Waals surface area contributed by atoms with E-state index in [2.05, 4.69) is 5.32 Å². The summed E-state index contributed by atoms with van der Waals surface area (Å²) in [6.45, 7) is 6.60. The molecule has 2 aromatic carbocycles. The Morgan fingerprint density at radius 3 is 2.13 bits per heavy atom. The second-order valence-electron chi connectivity index (χ2n) is 6.47. The van der Waals surface area contributed by atoms with E-state index in [0.717, 1.165) is 23.1 Å². The zero-order valence-corrected chi connectivity index (χ0v) is 14.1. The first-order valence-electron chi connectivity index (χ1n) is 7.97. The lowest BCUT2D eigenvalue weighted by Gasteiger charge is -2.24. The lowest BCUT2D eigenvalue weighted by molar-refractivity contribution is -0.125. The SMILES string of the molecule is Cc1ccc(C(C)(C)C(=O)NCCc2ccc(CO)cc2)cc1. The molecule has 2 N–H and O–H groups in total. The number of amides is 1. The molecule has 0 radical (unpaired) electrons. The van der Waals surface area contributed by atoms with E-state index in [1.165, 1.54) is 5.56 Å². The molecule has 0 fully saturated rings. The number of hydrogen-bond donors (Lipinski definition) is 2. The van der Waals surface area contributed by atoms with Crippen LogP contribution in [0.15, 0.2) is 48.5 Å². The summed E-state index contributed by atoms with van der Waals surface area (Å²) < 4.78 is 0. The van der Waals surface area contributed by atoms with Crippen LogP contribution in [-0.4, -0.2) is 17.6 Å². The Balaban J connectivity index is 1.91. The van der Waals surface area contributed by atoms with Gasteiger partial charge in [-0.15, -0.1) is 0 Å². The average molecular weight is 311 g/mol. The number of carbonyl (C=O) groups is 1. The van der Waals surface area contributed by atoms with Gasteiger partial charge in [-0.1, -0.05) is 54.1 Å². The van der Waals surface area contributed by atoms with Crippen LogP contribution in [0.2, 0.25) is 0 Å². The molecule has 23 heavy (non-hydrogen) atoms. The molecule has 3 heteroatoms. The first kappa shape index (κ1) is 17.2. The van der Waals surface area contributed by atoms with Crippen molar-refractivity contribution in [3.63, 3.8) is 0 Å². The maximum absolute atomic E-state index is 12.5. The fraction of sp³-hybridized carbons (Fsp3) is 0.350. The van der Waals surface area contributed by atoms with Gasteiger partial charge in [0.25, 0.3) is 0 Å². The van der Waals surface area contributed by atoms with E-state index < -0.39 is 5.41 Å². The highest BCUT2D eigenvalue weighted by Crippen LogP contribution is 2.23. The van der Waals surface area contributed by atoms with E-state index in [-0.39, 0.29) is 12.5 Å². The predicted molar refractivity (Wildman–Crippen MR) is 93.3 cm³/mol. The maximum atomic E-state index is 12.5. The molecule has 2 aromatic rings. The second kappa shape index (κ2) is 7.42. The molecule has 0 aliphatic carbocycles. The molecule has 1 amide bonds. The number of aliphatic hydroxyl groups is 1. The van der Waals surface area contributed by atoms with E-state index in [1.807, 2.05) is 69.3 Å². The van der Waals surface area contributed by atoms with Gasteiger partial charge in [-0.2, -0.15) is 0 Å². The highest BCUT2D eigenvalue weighted by atomic mass is 16.3. The number of aryl methyl sites for hydroxylation is 1. The summed E-state index contributed by atoms with van der Waals surface area (Å²) in [5, 5.41) is 12.1. The quantitative estimate of drug-likeness (QED) is 0.861. The summed E-state index contributed by atoms with van der Waals surface area (Å²) in [5.41, 5.74) is 3.71. The Hall–Kier alpha value is -2.13. The number of carbonyl (C=O) groups excluding carboxylic acids is 1. The number of aliphatic hydroxyl groups excluding tert-OH is 1. The molecular weight excluding hydrogens is 286 g/mol. The highest BCUT2D eigenvalue weighted by Gasteiger charge is 2.29.